The van der Waals surface area contributed by atoms with Crippen LogP contribution in [-0.2, 0) is 6.42 Å². The lowest BCUT2D eigenvalue weighted by Crippen LogP contribution is -2.33. The first-order valence-electron chi connectivity index (χ1n) is 7.42. The fourth-order valence-electron chi connectivity index (χ4n) is 2.16. The number of rotatable bonds is 9. The molecule has 0 spiro atoms. The highest BCUT2D eigenvalue weighted by Gasteiger charge is 2.10. The van der Waals surface area contributed by atoms with Crippen molar-refractivity contribution in [1.29, 1.82) is 0 Å². The van der Waals surface area contributed by atoms with E-state index in [2.05, 4.69) is 39.6 Å². The van der Waals surface area contributed by atoms with Gasteiger partial charge in [0.15, 0.2) is 0 Å². The fourth-order valence-corrected chi connectivity index (χ4v) is 3.70. The molecule has 0 fully saturated rings. The van der Waals surface area contributed by atoms with Crippen LogP contribution in [0.25, 0.3) is 0 Å². The second kappa shape index (κ2) is 9.23. The van der Waals surface area contributed by atoms with Crippen LogP contribution in [0, 0.1) is 0 Å². The predicted molar refractivity (Wildman–Crippen MR) is 94.4 cm³/mol. The van der Waals surface area contributed by atoms with Gasteiger partial charge in [0.05, 0.1) is 6.61 Å². The molecule has 0 aliphatic carbocycles. The van der Waals surface area contributed by atoms with Gasteiger partial charge in [-0.2, -0.15) is 0 Å². The van der Waals surface area contributed by atoms with Crippen molar-refractivity contribution in [2.45, 2.75) is 32.2 Å². The Bertz CT molecular complexity index is 515. The standard InChI is InChI=1S/C17H22BrNOS/c1-2-9-19-15(12-17-11-14(18)13-21-17)8-10-20-16-6-4-3-5-7-16/h3-7,11,13,15,19H,2,8-10,12H2,1H3. The number of hydrogen-bond acceptors (Lipinski definition) is 3. The van der Waals surface area contributed by atoms with Gasteiger partial charge in [-0.15, -0.1) is 11.3 Å². The lowest BCUT2D eigenvalue weighted by Gasteiger charge is -2.18. The highest BCUT2D eigenvalue weighted by Crippen LogP contribution is 2.21. The van der Waals surface area contributed by atoms with Crippen molar-refractivity contribution in [2.75, 3.05) is 13.2 Å². The molecule has 2 rings (SSSR count). The molecule has 0 amide bonds. The fraction of sp³-hybridized carbons (Fsp3) is 0.412. The Morgan fingerprint density at radius 3 is 2.76 bits per heavy atom. The van der Waals surface area contributed by atoms with Crippen LogP contribution in [0.3, 0.4) is 0 Å². The molecule has 2 aromatic rings. The number of hydrogen-bond donors (Lipinski definition) is 1. The minimum Gasteiger partial charge on any atom is -0.494 e. The van der Waals surface area contributed by atoms with Crippen LogP contribution in [0.2, 0.25) is 0 Å². The molecule has 0 aliphatic rings. The summed E-state index contributed by atoms with van der Waals surface area (Å²) in [5.74, 6) is 0.950. The zero-order valence-corrected chi connectivity index (χ0v) is 14.8. The van der Waals surface area contributed by atoms with Crippen LogP contribution in [0.4, 0.5) is 0 Å². The van der Waals surface area contributed by atoms with E-state index in [0.717, 1.165) is 38.2 Å². The topological polar surface area (TPSA) is 21.3 Å². The van der Waals surface area contributed by atoms with E-state index in [1.54, 1.807) is 0 Å². The van der Waals surface area contributed by atoms with Gasteiger partial charge in [0.1, 0.15) is 5.75 Å². The summed E-state index contributed by atoms with van der Waals surface area (Å²) in [4.78, 5) is 1.41. The van der Waals surface area contributed by atoms with Crippen LogP contribution >= 0.6 is 27.3 Å². The zero-order valence-electron chi connectivity index (χ0n) is 12.3. The molecule has 114 valence electrons. The molecular weight excluding hydrogens is 346 g/mol. The summed E-state index contributed by atoms with van der Waals surface area (Å²) >= 11 is 5.34. The van der Waals surface area contributed by atoms with Gasteiger partial charge in [-0.3, -0.25) is 0 Å². The average Bonchev–Trinajstić information content (AvgIpc) is 2.91. The van der Waals surface area contributed by atoms with E-state index in [0.29, 0.717) is 6.04 Å². The molecule has 0 saturated carbocycles. The molecule has 0 saturated heterocycles. The summed E-state index contributed by atoms with van der Waals surface area (Å²) in [7, 11) is 0. The SMILES string of the molecule is CCCNC(CCOc1ccccc1)Cc1cc(Br)cs1. The van der Waals surface area contributed by atoms with Crippen molar-refractivity contribution in [3.63, 3.8) is 0 Å². The van der Waals surface area contributed by atoms with Crippen LogP contribution in [0.1, 0.15) is 24.6 Å². The first-order valence-corrected chi connectivity index (χ1v) is 9.09. The molecule has 1 aromatic carbocycles. The molecule has 2 nitrogen and oxygen atoms in total. The molecule has 1 heterocycles. The number of benzene rings is 1. The smallest absolute Gasteiger partial charge is 0.119 e. The number of ether oxygens (including phenoxy) is 1. The molecular formula is C17H22BrNOS. The lowest BCUT2D eigenvalue weighted by atomic mass is 10.1. The number of halogens is 1. The second-order valence-corrected chi connectivity index (χ2v) is 6.95. The maximum Gasteiger partial charge on any atom is 0.119 e. The third-order valence-corrected chi connectivity index (χ3v) is 4.95. The molecule has 21 heavy (non-hydrogen) atoms. The number of nitrogens with one attached hydrogen (secondary N) is 1. The highest BCUT2D eigenvalue weighted by molar-refractivity contribution is 9.10. The zero-order chi connectivity index (χ0) is 14.9. The summed E-state index contributed by atoms with van der Waals surface area (Å²) in [6.07, 6.45) is 3.24. The van der Waals surface area contributed by atoms with Gasteiger partial charge >= 0.3 is 0 Å². The van der Waals surface area contributed by atoms with Gasteiger partial charge in [0, 0.05) is 20.8 Å². The van der Waals surface area contributed by atoms with Gasteiger partial charge in [-0.05, 0) is 59.9 Å². The van der Waals surface area contributed by atoms with E-state index >= 15 is 0 Å². The van der Waals surface area contributed by atoms with Crippen molar-refractivity contribution < 1.29 is 4.74 Å². The molecule has 1 unspecified atom stereocenters. The maximum atomic E-state index is 5.81. The number of thiophene rings is 1. The van der Waals surface area contributed by atoms with Crippen molar-refractivity contribution in [1.82, 2.24) is 5.32 Å². The maximum absolute atomic E-state index is 5.81. The summed E-state index contributed by atoms with van der Waals surface area (Å²) in [6, 6.07) is 12.7. The minimum atomic E-state index is 0.471. The second-order valence-electron chi connectivity index (χ2n) is 5.04. The Labute approximate surface area is 139 Å². The minimum absolute atomic E-state index is 0.471. The molecule has 4 heteroatoms. The van der Waals surface area contributed by atoms with Gasteiger partial charge < -0.3 is 10.1 Å². The molecule has 1 N–H and O–H groups in total. The Kier molecular flexibility index (Phi) is 7.27. The van der Waals surface area contributed by atoms with E-state index in [1.165, 1.54) is 9.35 Å². The van der Waals surface area contributed by atoms with Crippen molar-refractivity contribution in [3.8, 4) is 5.75 Å². The first-order chi connectivity index (χ1) is 10.3. The Morgan fingerprint density at radius 1 is 1.29 bits per heavy atom. The van der Waals surface area contributed by atoms with E-state index in [1.807, 2.05) is 41.7 Å². The van der Waals surface area contributed by atoms with Gasteiger partial charge in [0.2, 0.25) is 0 Å². The third kappa shape index (κ3) is 6.20. The van der Waals surface area contributed by atoms with E-state index in [9.17, 15) is 0 Å². The summed E-state index contributed by atoms with van der Waals surface area (Å²) < 4.78 is 6.99. The van der Waals surface area contributed by atoms with E-state index in [-0.39, 0.29) is 0 Å². The van der Waals surface area contributed by atoms with Crippen molar-refractivity contribution in [2.24, 2.45) is 0 Å². The Hall–Kier alpha value is -0.840. The van der Waals surface area contributed by atoms with Crippen LogP contribution in [-0.4, -0.2) is 19.2 Å². The Morgan fingerprint density at radius 2 is 2.10 bits per heavy atom. The van der Waals surface area contributed by atoms with Crippen LogP contribution < -0.4 is 10.1 Å². The quantitative estimate of drug-likeness (QED) is 0.680. The number of para-hydroxylation sites is 1. The highest BCUT2D eigenvalue weighted by atomic mass is 79.9. The monoisotopic (exact) mass is 367 g/mol. The largest absolute Gasteiger partial charge is 0.494 e. The van der Waals surface area contributed by atoms with Crippen LogP contribution in [0.15, 0.2) is 46.3 Å². The molecule has 1 atom stereocenters. The van der Waals surface area contributed by atoms with Gasteiger partial charge in [-0.25, -0.2) is 0 Å². The summed E-state index contributed by atoms with van der Waals surface area (Å²) in [5, 5.41) is 5.77. The average molecular weight is 368 g/mol. The van der Waals surface area contributed by atoms with Crippen molar-refractivity contribution >= 4 is 27.3 Å². The van der Waals surface area contributed by atoms with Crippen molar-refractivity contribution in [3.05, 3.63) is 51.1 Å². The Balaban J connectivity index is 1.81. The molecule has 0 radical (unpaired) electrons. The molecule has 1 aromatic heterocycles. The predicted octanol–water partition coefficient (Wildman–Crippen LogP) is 4.89. The van der Waals surface area contributed by atoms with Gasteiger partial charge in [-0.1, -0.05) is 25.1 Å². The lowest BCUT2D eigenvalue weighted by molar-refractivity contribution is 0.285. The van der Waals surface area contributed by atoms with Gasteiger partial charge in [0.25, 0.3) is 0 Å². The first kappa shape index (κ1) is 16.5. The molecule has 0 bridgehead atoms. The summed E-state index contributed by atoms with van der Waals surface area (Å²) in [6.45, 7) is 4.01. The summed E-state index contributed by atoms with van der Waals surface area (Å²) in [5.41, 5.74) is 0. The van der Waals surface area contributed by atoms with Crippen LogP contribution in [0.5, 0.6) is 5.75 Å². The third-order valence-electron chi connectivity index (χ3n) is 3.23. The molecule has 0 aliphatic heterocycles. The van der Waals surface area contributed by atoms with E-state index < -0.39 is 0 Å². The normalized spacial score (nSPS) is 12.3. The van der Waals surface area contributed by atoms with E-state index in [4.69, 9.17) is 4.74 Å².